The highest BCUT2D eigenvalue weighted by molar-refractivity contribution is 4.50. The summed E-state index contributed by atoms with van der Waals surface area (Å²) in [6.45, 7) is 11.2. The summed E-state index contributed by atoms with van der Waals surface area (Å²) in [5.74, 6) is 0. The zero-order valence-corrected chi connectivity index (χ0v) is 14.7. The van der Waals surface area contributed by atoms with Gasteiger partial charge in [-0.2, -0.15) is 0 Å². The van der Waals surface area contributed by atoms with Gasteiger partial charge in [0.2, 0.25) is 0 Å². The summed E-state index contributed by atoms with van der Waals surface area (Å²) in [5.41, 5.74) is 0. The van der Waals surface area contributed by atoms with Gasteiger partial charge in [0.25, 0.3) is 0 Å². The monoisotopic (exact) mass is 282 g/mol. The van der Waals surface area contributed by atoms with E-state index in [1.165, 1.54) is 96.3 Å². The number of hydrogen-bond acceptors (Lipinski definition) is 0. The van der Waals surface area contributed by atoms with Gasteiger partial charge in [-0.15, -0.1) is 0 Å². The molecule has 0 atom stereocenters. The van der Waals surface area contributed by atoms with Crippen molar-refractivity contribution in [3.8, 4) is 0 Å². The summed E-state index contributed by atoms with van der Waals surface area (Å²) in [4.78, 5) is 0. The summed E-state index contributed by atoms with van der Waals surface area (Å²) in [6, 6.07) is 0. The Morgan fingerprint density at radius 3 is 0.950 bits per heavy atom. The van der Waals surface area contributed by atoms with Crippen molar-refractivity contribution in [1.82, 2.24) is 0 Å². The Balaban J connectivity index is 0. The summed E-state index contributed by atoms with van der Waals surface area (Å²) < 4.78 is 0. The third kappa shape index (κ3) is 23.1. The third-order valence-corrected chi connectivity index (χ3v) is 3.85. The summed E-state index contributed by atoms with van der Waals surface area (Å²) >= 11 is 0. The molecule has 0 heterocycles. The molecule has 2 radical (unpaired) electrons. The first-order chi connectivity index (χ1) is 9.91. The molecular formula is C20H42. The average molecular weight is 283 g/mol. The maximum atomic E-state index is 3.88. The molecule has 0 N–H and O–H groups in total. The van der Waals surface area contributed by atoms with Gasteiger partial charge >= 0.3 is 0 Å². The lowest BCUT2D eigenvalue weighted by Gasteiger charge is -2.03. The Morgan fingerprint density at radius 2 is 0.700 bits per heavy atom. The summed E-state index contributed by atoms with van der Waals surface area (Å²) in [5, 5.41) is 0. The second-order valence-electron chi connectivity index (χ2n) is 5.80. The first kappa shape index (κ1) is 22.3. The molecular weight excluding hydrogens is 240 g/mol. The van der Waals surface area contributed by atoms with E-state index in [0.717, 1.165) is 6.42 Å². The summed E-state index contributed by atoms with van der Waals surface area (Å²) in [7, 11) is 0. The average Bonchev–Trinajstić information content (AvgIpc) is 2.50. The van der Waals surface area contributed by atoms with Gasteiger partial charge in [0.15, 0.2) is 0 Å². The van der Waals surface area contributed by atoms with Crippen LogP contribution in [0.5, 0.6) is 0 Å². The molecule has 0 aromatic rings. The standard InChI is InChI=1S/C18H37.C2H5/c1-3-5-7-9-11-13-15-17-18-16-14-12-10-8-6-4-2;1-2/h1,3-18H2,2H3;1H2,2H3. The Bertz CT molecular complexity index is 112. The molecule has 20 heavy (non-hydrogen) atoms. The minimum Gasteiger partial charge on any atom is -0.0654 e. The number of unbranched alkanes of at least 4 members (excludes halogenated alkanes) is 15. The molecule has 0 nitrogen and oxygen atoms in total. The maximum absolute atomic E-state index is 3.88. The second kappa shape index (κ2) is 24.0. The van der Waals surface area contributed by atoms with E-state index in [9.17, 15) is 0 Å². The molecule has 0 aliphatic carbocycles. The number of hydrogen-bond donors (Lipinski definition) is 0. The van der Waals surface area contributed by atoms with E-state index in [1.807, 2.05) is 0 Å². The van der Waals surface area contributed by atoms with Crippen molar-refractivity contribution in [1.29, 1.82) is 0 Å². The molecule has 0 heteroatoms. The molecule has 0 fully saturated rings. The predicted molar refractivity (Wildman–Crippen MR) is 95.9 cm³/mol. The van der Waals surface area contributed by atoms with Crippen LogP contribution in [-0.4, -0.2) is 0 Å². The highest BCUT2D eigenvalue weighted by atomic mass is 14.0. The minimum atomic E-state index is 1.12. The molecule has 122 valence electrons. The highest BCUT2D eigenvalue weighted by Gasteiger charge is 1.93. The molecule has 0 aliphatic rings. The van der Waals surface area contributed by atoms with Crippen LogP contribution in [0.15, 0.2) is 0 Å². The van der Waals surface area contributed by atoms with Gasteiger partial charge in [-0.1, -0.05) is 130 Å². The molecule has 0 aromatic heterocycles. The molecule has 0 rings (SSSR count). The zero-order valence-electron chi connectivity index (χ0n) is 14.7. The molecule has 0 bridgehead atoms. The van der Waals surface area contributed by atoms with Crippen molar-refractivity contribution < 1.29 is 0 Å². The molecule has 0 aliphatic heterocycles. The van der Waals surface area contributed by atoms with E-state index in [1.54, 1.807) is 6.92 Å². The summed E-state index contributed by atoms with van der Waals surface area (Å²) in [6.07, 6.45) is 22.8. The second-order valence-corrected chi connectivity index (χ2v) is 5.80. The first-order valence-corrected chi connectivity index (χ1v) is 9.41. The van der Waals surface area contributed by atoms with Gasteiger partial charge in [-0.3, -0.25) is 0 Å². The van der Waals surface area contributed by atoms with Gasteiger partial charge in [-0.25, -0.2) is 0 Å². The van der Waals surface area contributed by atoms with Crippen LogP contribution in [0.2, 0.25) is 0 Å². The smallest absolute Gasteiger partial charge is 0.0533 e. The lowest BCUT2D eigenvalue weighted by molar-refractivity contribution is 0.533. The molecule has 0 saturated carbocycles. The zero-order chi connectivity index (χ0) is 15.3. The SMILES string of the molecule is [CH2]C.[CH2]CCCCCCCCCCCCCCCCC. The molecule has 0 spiro atoms. The van der Waals surface area contributed by atoms with Crippen LogP contribution in [0.1, 0.15) is 117 Å². The van der Waals surface area contributed by atoms with Crippen molar-refractivity contribution in [2.45, 2.75) is 117 Å². The topological polar surface area (TPSA) is 0 Å². The fourth-order valence-electron chi connectivity index (χ4n) is 2.55. The van der Waals surface area contributed by atoms with Gasteiger partial charge < -0.3 is 0 Å². The Morgan fingerprint density at radius 1 is 0.450 bits per heavy atom. The van der Waals surface area contributed by atoms with Crippen molar-refractivity contribution in [2.24, 2.45) is 0 Å². The lowest BCUT2D eigenvalue weighted by Crippen LogP contribution is -1.83. The van der Waals surface area contributed by atoms with Crippen LogP contribution in [0.4, 0.5) is 0 Å². The fraction of sp³-hybridized carbons (Fsp3) is 0.900. The van der Waals surface area contributed by atoms with Crippen LogP contribution in [0, 0.1) is 13.8 Å². The fourth-order valence-corrected chi connectivity index (χ4v) is 2.55. The van der Waals surface area contributed by atoms with E-state index in [4.69, 9.17) is 0 Å². The van der Waals surface area contributed by atoms with Crippen molar-refractivity contribution >= 4 is 0 Å². The van der Waals surface area contributed by atoms with Crippen LogP contribution in [0.3, 0.4) is 0 Å². The maximum Gasteiger partial charge on any atom is -0.0533 e. The van der Waals surface area contributed by atoms with Crippen LogP contribution in [-0.2, 0) is 0 Å². The van der Waals surface area contributed by atoms with E-state index < -0.39 is 0 Å². The van der Waals surface area contributed by atoms with Gasteiger partial charge in [0.05, 0.1) is 0 Å². The molecule has 0 saturated heterocycles. The van der Waals surface area contributed by atoms with Gasteiger partial charge in [0, 0.05) is 0 Å². The minimum absolute atomic E-state index is 1.12. The highest BCUT2D eigenvalue weighted by Crippen LogP contribution is 2.13. The Kier molecular flexibility index (Phi) is 26.8. The number of rotatable bonds is 15. The Labute approximate surface area is 131 Å². The molecule has 0 amide bonds. The lowest BCUT2D eigenvalue weighted by atomic mass is 10.0. The third-order valence-electron chi connectivity index (χ3n) is 3.85. The van der Waals surface area contributed by atoms with E-state index in [2.05, 4.69) is 20.8 Å². The molecule has 0 unspecified atom stereocenters. The van der Waals surface area contributed by atoms with E-state index in [-0.39, 0.29) is 0 Å². The van der Waals surface area contributed by atoms with Crippen molar-refractivity contribution in [3.05, 3.63) is 13.8 Å². The normalized spacial score (nSPS) is 10.2. The predicted octanol–water partition coefficient (Wildman–Crippen LogP) is 7.92. The van der Waals surface area contributed by atoms with E-state index in [0.29, 0.717) is 0 Å². The van der Waals surface area contributed by atoms with Crippen LogP contribution >= 0.6 is 0 Å². The van der Waals surface area contributed by atoms with Crippen molar-refractivity contribution in [2.75, 3.05) is 0 Å². The van der Waals surface area contributed by atoms with Gasteiger partial charge in [-0.05, 0) is 0 Å². The molecule has 0 aromatic carbocycles. The van der Waals surface area contributed by atoms with Crippen LogP contribution < -0.4 is 0 Å². The quantitative estimate of drug-likeness (QED) is 0.267. The van der Waals surface area contributed by atoms with Crippen LogP contribution in [0.25, 0.3) is 0 Å². The van der Waals surface area contributed by atoms with E-state index >= 15 is 0 Å². The van der Waals surface area contributed by atoms with Gasteiger partial charge in [0.1, 0.15) is 0 Å². The van der Waals surface area contributed by atoms with Crippen molar-refractivity contribution in [3.63, 3.8) is 0 Å². The first-order valence-electron chi connectivity index (χ1n) is 9.41. The Hall–Kier alpha value is 0. The largest absolute Gasteiger partial charge is 0.0654 e.